The third-order valence-corrected chi connectivity index (χ3v) is 4.54. The first kappa shape index (κ1) is 14.4. The summed E-state index contributed by atoms with van der Waals surface area (Å²) < 4.78 is 1.82. The molecular weight excluding hydrogens is 282 g/mol. The summed E-state index contributed by atoms with van der Waals surface area (Å²) in [6.45, 7) is 5.20. The molecule has 0 radical (unpaired) electrons. The molecule has 1 fully saturated rings. The lowest BCUT2D eigenvalue weighted by molar-refractivity contribution is 0.766. The van der Waals surface area contributed by atoms with Gasteiger partial charge in [0.15, 0.2) is 0 Å². The van der Waals surface area contributed by atoms with Crippen LogP contribution in [0.3, 0.4) is 0 Å². The zero-order valence-electron chi connectivity index (χ0n) is 12.8. The number of nitrogens with one attached hydrogen (secondary N) is 1. The van der Waals surface area contributed by atoms with Crippen molar-refractivity contribution in [1.82, 2.24) is 19.7 Å². The van der Waals surface area contributed by atoms with Crippen LogP contribution < -0.4 is 5.32 Å². The van der Waals surface area contributed by atoms with Crippen LogP contribution in [0.4, 0.5) is 5.82 Å². The van der Waals surface area contributed by atoms with E-state index in [9.17, 15) is 0 Å². The number of hydrogen-bond donors (Lipinski definition) is 1. The summed E-state index contributed by atoms with van der Waals surface area (Å²) in [4.78, 5) is 10.6. The van der Waals surface area contributed by atoms with Crippen LogP contribution in [-0.4, -0.2) is 26.3 Å². The molecule has 1 aliphatic carbocycles. The Labute approximate surface area is 129 Å². The standard InChI is InChI=1S/C15H21N5S/c1-4-7-16-13-10(2)15(19-14(18-13)11-5-6-11)21-12-8-17-20(3)9-12/h8-9,11H,4-7H2,1-3H3,(H,16,18,19). The van der Waals surface area contributed by atoms with Gasteiger partial charge >= 0.3 is 0 Å². The largest absolute Gasteiger partial charge is 0.370 e. The van der Waals surface area contributed by atoms with Gasteiger partial charge in [0, 0.05) is 31.3 Å². The monoisotopic (exact) mass is 303 g/mol. The van der Waals surface area contributed by atoms with E-state index in [1.165, 1.54) is 12.8 Å². The predicted molar refractivity (Wildman–Crippen MR) is 84.9 cm³/mol. The quantitative estimate of drug-likeness (QED) is 0.829. The SMILES string of the molecule is CCCNc1nc(C2CC2)nc(Sc2cnn(C)c2)c1C. The molecule has 0 atom stereocenters. The van der Waals surface area contributed by atoms with Crippen molar-refractivity contribution in [3.63, 3.8) is 0 Å². The molecule has 5 nitrogen and oxygen atoms in total. The van der Waals surface area contributed by atoms with E-state index in [0.717, 1.165) is 40.1 Å². The Morgan fingerprint density at radius 1 is 1.38 bits per heavy atom. The topological polar surface area (TPSA) is 55.6 Å². The van der Waals surface area contributed by atoms with Crippen LogP contribution in [0, 0.1) is 6.92 Å². The molecule has 0 unspecified atom stereocenters. The Bertz CT molecular complexity index is 633. The van der Waals surface area contributed by atoms with E-state index in [1.54, 1.807) is 11.8 Å². The number of hydrogen-bond acceptors (Lipinski definition) is 5. The van der Waals surface area contributed by atoms with Crippen molar-refractivity contribution >= 4 is 17.6 Å². The Morgan fingerprint density at radius 3 is 2.81 bits per heavy atom. The van der Waals surface area contributed by atoms with Crippen LogP contribution in [-0.2, 0) is 7.05 Å². The number of rotatable bonds is 6. The molecule has 3 rings (SSSR count). The van der Waals surface area contributed by atoms with Crippen molar-refractivity contribution in [3.05, 3.63) is 23.8 Å². The average molecular weight is 303 g/mol. The van der Waals surface area contributed by atoms with Crippen LogP contribution in [0.15, 0.2) is 22.3 Å². The number of aryl methyl sites for hydroxylation is 1. The zero-order valence-corrected chi connectivity index (χ0v) is 13.6. The number of nitrogens with zero attached hydrogens (tertiary/aromatic N) is 4. The maximum absolute atomic E-state index is 4.78. The summed E-state index contributed by atoms with van der Waals surface area (Å²) in [6, 6.07) is 0. The van der Waals surface area contributed by atoms with Crippen molar-refractivity contribution in [2.24, 2.45) is 7.05 Å². The maximum Gasteiger partial charge on any atom is 0.135 e. The van der Waals surface area contributed by atoms with Gasteiger partial charge in [0.1, 0.15) is 16.7 Å². The number of anilines is 1. The first-order chi connectivity index (χ1) is 10.2. The zero-order chi connectivity index (χ0) is 14.8. The van der Waals surface area contributed by atoms with E-state index in [1.807, 2.05) is 24.1 Å². The fourth-order valence-corrected chi connectivity index (χ4v) is 3.03. The molecule has 0 bridgehead atoms. The molecule has 0 aromatic carbocycles. The van der Waals surface area contributed by atoms with Gasteiger partial charge in [-0.15, -0.1) is 0 Å². The molecule has 1 N–H and O–H groups in total. The first-order valence-electron chi connectivity index (χ1n) is 7.46. The third kappa shape index (κ3) is 3.37. The second-order valence-electron chi connectivity index (χ2n) is 5.51. The van der Waals surface area contributed by atoms with Gasteiger partial charge in [-0.1, -0.05) is 18.7 Å². The van der Waals surface area contributed by atoms with Crippen molar-refractivity contribution in [1.29, 1.82) is 0 Å². The molecule has 2 aromatic heterocycles. The van der Waals surface area contributed by atoms with Gasteiger partial charge in [0.05, 0.1) is 11.1 Å². The molecule has 1 saturated carbocycles. The molecule has 6 heteroatoms. The smallest absolute Gasteiger partial charge is 0.135 e. The Morgan fingerprint density at radius 2 is 2.19 bits per heavy atom. The van der Waals surface area contributed by atoms with Gasteiger partial charge in [0.25, 0.3) is 0 Å². The van der Waals surface area contributed by atoms with Gasteiger partial charge in [-0.3, -0.25) is 4.68 Å². The minimum absolute atomic E-state index is 0.557. The third-order valence-electron chi connectivity index (χ3n) is 3.50. The number of aromatic nitrogens is 4. The Kier molecular flexibility index (Phi) is 4.14. The van der Waals surface area contributed by atoms with Crippen LogP contribution in [0.2, 0.25) is 0 Å². The van der Waals surface area contributed by atoms with Crippen LogP contribution in [0.5, 0.6) is 0 Å². The van der Waals surface area contributed by atoms with Gasteiger partial charge in [-0.25, -0.2) is 9.97 Å². The summed E-state index contributed by atoms with van der Waals surface area (Å²) in [7, 11) is 1.93. The highest BCUT2D eigenvalue weighted by atomic mass is 32.2. The van der Waals surface area contributed by atoms with Gasteiger partial charge in [0.2, 0.25) is 0 Å². The fraction of sp³-hybridized carbons (Fsp3) is 0.533. The van der Waals surface area contributed by atoms with Crippen molar-refractivity contribution in [2.75, 3.05) is 11.9 Å². The summed E-state index contributed by atoms with van der Waals surface area (Å²) in [5.41, 5.74) is 1.13. The molecule has 0 aliphatic heterocycles. The van der Waals surface area contributed by atoms with Crippen molar-refractivity contribution < 1.29 is 0 Å². The molecule has 0 amide bonds. The highest BCUT2D eigenvalue weighted by Gasteiger charge is 2.28. The molecule has 2 aromatic rings. The minimum atomic E-state index is 0.557. The molecule has 0 spiro atoms. The summed E-state index contributed by atoms with van der Waals surface area (Å²) >= 11 is 1.67. The van der Waals surface area contributed by atoms with E-state index in [2.05, 4.69) is 24.3 Å². The van der Waals surface area contributed by atoms with Crippen LogP contribution in [0.25, 0.3) is 0 Å². The second kappa shape index (κ2) is 6.05. The van der Waals surface area contributed by atoms with Crippen LogP contribution >= 0.6 is 11.8 Å². The lowest BCUT2D eigenvalue weighted by Crippen LogP contribution is -2.08. The van der Waals surface area contributed by atoms with E-state index in [4.69, 9.17) is 9.97 Å². The van der Waals surface area contributed by atoms with Crippen molar-refractivity contribution in [2.45, 2.75) is 48.9 Å². The van der Waals surface area contributed by atoms with Crippen LogP contribution in [0.1, 0.15) is 43.5 Å². The summed E-state index contributed by atoms with van der Waals surface area (Å²) in [5, 5.41) is 8.69. The summed E-state index contributed by atoms with van der Waals surface area (Å²) in [5.74, 6) is 2.53. The predicted octanol–water partition coefficient (Wildman–Crippen LogP) is 3.37. The molecule has 1 aliphatic rings. The maximum atomic E-state index is 4.78. The molecule has 21 heavy (non-hydrogen) atoms. The van der Waals surface area contributed by atoms with Gasteiger partial charge < -0.3 is 5.32 Å². The van der Waals surface area contributed by atoms with E-state index >= 15 is 0 Å². The Hall–Kier alpha value is -1.56. The normalized spacial score (nSPS) is 14.4. The molecular formula is C15H21N5S. The first-order valence-corrected chi connectivity index (χ1v) is 8.28. The van der Waals surface area contributed by atoms with Gasteiger partial charge in [-0.05, 0) is 26.2 Å². The van der Waals surface area contributed by atoms with E-state index in [-0.39, 0.29) is 0 Å². The lowest BCUT2D eigenvalue weighted by Gasteiger charge is -2.12. The highest BCUT2D eigenvalue weighted by Crippen LogP contribution is 2.40. The highest BCUT2D eigenvalue weighted by molar-refractivity contribution is 7.99. The summed E-state index contributed by atoms with van der Waals surface area (Å²) in [6.07, 6.45) is 7.41. The Balaban J connectivity index is 1.91. The molecule has 0 saturated heterocycles. The van der Waals surface area contributed by atoms with Gasteiger partial charge in [-0.2, -0.15) is 5.10 Å². The van der Waals surface area contributed by atoms with E-state index in [0.29, 0.717) is 5.92 Å². The average Bonchev–Trinajstić information content (AvgIpc) is 3.23. The van der Waals surface area contributed by atoms with E-state index < -0.39 is 0 Å². The molecule has 2 heterocycles. The second-order valence-corrected chi connectivity index (χ2v) is 6.58. The molecule has 112 valence electrons. The fourth-order valence-electron chi connectivity index (χ4n) is 2.11. The van der Waals surface area contributed by atoms with Crippen molar-refractivity contribution in [3.8, 4) is 0 Å². The minimum Gasteiger partial charge on any atom is -0.370 e. The lowest BCUT2D eigenvalue weighted by atomic mass is 10.3.